The predicted octanol–water partition coefficient (Wildman–Crippen LogP) is 12.4. The number of hydrogen-bond acceptors (Lipinski definition) is 4. The molecule has 0 aliphatic carbocycles. The van der Waals surface area contributed by atoms with Gasteiger partial charge in [-0.2, -0.15) is 0 Å². The first-order chi connectivity index (χ1) is 26.4. The Morgan fingerprint density at radius 1 is 0.473 bits per heavy atom. The van der Waals surface area contributed by atoms with Crippen LogP contribution in [0.1, 0.15) is 22.4 Å². The number of benzene rings is 5. The molecule has 55 heavy (non-hydrogen) atoms. The van der Waals surface area contributed by atoms with Gasteiger partial charge in [0.25, 0.3) is 0 Å². The van der Waals surface area contributed by atoms with Crippen LogP contribution in [0.3, 0.4) is 0 Å². The molecule has 0 amide bonds. The fourth-order valence-corrected chi connectivity index (χ4v) is 6.94. The molecule has 1 radical (unpaired) electrons. The zero-order valence-electron chi connectivity index (χ0n) is 31.1. The van der Waals surface area contributed by atoms with E-state index in [2.05, 4.69) is 135 Å². The van der Waals surface area contributed by atoms with Gasteiger partial charge in [-0.15, -0.1) is 65.2 Å². The summed E-state index contributed by atoms with van der Waals surface area (Å²) in [6, 6.07) is 54.8. The summed E-state index contributed by atoms with van der Waals surface area (Å²) in [4.78, 5) is 18.6. The summed E-state index contributed by atoms with van der Waals surface area (Å²) in [5.74, 6) is 0. The number of aryl methyl sites for hydroxylation is 4. The molecular formula is C50H38IrN4-2. The van der Waals surface area contributed by atoms with Crippen LogP contribution in [-0.4, -0.2) is 19.9 Å². The molecule has 9 aromatic rings. The molecule has 0 aliphatic heterocycles. The Hall–Kier alpha value is -6.13. The Balaban J connectivity index is 0.000000305. The molecule has 4 heterocycles. The van der Waals surface area contributed by atoms with Gasteiger partial charge in [-0.25, -0.2) is 0 Å². The van der Waals surface area contributed by atoms with Crippen molar-refractivity contribution >= 4 is 21.7 Å². The van der Waals surface area contributed by atoms with Crippen LogP contribution >= 0.6 is 0 Å². The first-order valence-electron chi connectivity index (χ1n) is 18.1. The van der Waals surface area contributed by atoms with Crippen LogP contribution in [0.2, 0.25) is 0 Å². The van der Waals surface area contributed by atoms with E-state index in [1.807, 2.05) is 67.0 Å². The number of rotatable bonds is 5. The van der Waals surface area contributed by atoms with Crippen LogP contribution in [0.15, 0.2) is 158 Å². The van der Waals surface area contributed by atoms with Gasteiger partial charge in [0.2, 0.25) is 0 Å². The molecule has 0 bridgehead atoms. The van der Waals surface area contributed by atoms with E-state index < -0.39 is 0 Å². The summed E-state index contributed by atoms with van der Waals surface area (Å²) in [6.45, 7) is 8.43. The Bertz CT molecular complexity index is 2720. The van der Waals surface area contributed by atoms with Gasteiger partial charge in [0.1, 0.15) is 0 Å². The molecule has 0 saturated carbocycles. The van der Waals surface area contributed by atoms with Gasteiger partial charge >= 0.3 is 0 Å². The second kappa shape index (κ2) is 16.5. The molecule has 0 unspecified atom stereocenters. The van der Waals surface area contributed by atoms with Gasteiger partial charge < -0.3 is 9.97 Å². The summed E-state index contributed by atoms with van der Waals surface area (Å²) in [7, 11) is 0. The average Bonchev–Trinajstić information content (AvgIpc) is 3.22. The van der Waals surface area contributed by atoms with Crippen LogP contribution in [0.25, 0.3) is 77.7 Å². The molecule has 0 saturated heterocycles. The topological polar surface area (TPSA) is 51.6 Å². The minimum atomic E-state index is 0. The van der Waals surface area contributed by atoms with E-state index in [0.717, 1.165) is 83.7 Å². The fourth-order valence-electron chi connectivity index (χ4n) is 6.94. The second-order valence-corrected chi connectivity index (χ2v) is 13.6. The Morgan fingerprint density at radius 2 is 1.20 bits per heavy atom. The van der Waals surface area contributed by atoms with E-state index in [0.29, 0.717) is 0 Å². The molecule has 269 valence electrons. The zero-order valence-corrected chi connectivity index (χ0v) is 33.5. The van der Waals surface area contributed by atoms with Gasteiger partial charge in [0.05, 0.1) is 11.2 Å². The van der Waals surface area contributed by atoms with E-state index in [1.165, 1.54) is 16.3 Å². The van der Waals surface area contributed by atoms with Crippen molar-refractivity contribution in [3.05, 3.63) is 193 Å². The van der Waals surface area contributed by atoms with E-state index in [4.69, 9.17) is 9.97 Å². The van der Waals surface area contributed by atoms with Crippen LogP contribution < -0.4 is 0 Å². The third-order valence-electron chi connectivity index (χ3n) is 9.69. The first-order valence-corrected chi connectivity index (χ1v) is 18.1. The van der Waals surface area contributed by atoms with Crippen molar-refractivity contribution in [2.45, 2.75) is 27.7 Å². The summed E-state index contributed by atoms with van der Waals surface area (Å²) in [5.41, 5.74) is 16.1. The van der Waals surface area contributed by atoms with Gasteiger partial charge in [0, 0.05) is 55.3 Å². The monoisotopic (exact) mass is 887 g/mol. The zero-order chi connectivity index (χ0) is 37.0. The number of fused-ring (bicyclic) bond motifs is 3. The molecule has 0 N–H and O–H groups in total. The fraction of sp³-hybridized carbons (Fsp3) is 0.0800. The van der Waals surface area contributed by atoms with Crippen molar-refractivity contribution in [2.24, 2.45) is 0 Å². The average molecular weight is 887 g/mol. The number of nitrogens with zero attached hydrogens (tertiary/aromatic N) is 4. The normalized spacial score (nSPS) is 10.8. The van der Waals surface area contributed by atoms with Crippen LogP contribution in [0, 0.1) is 39.8 Å². The number of hydrogen-bond donors (Lipinski definition) is 0. The first kappa shape index (κ1) is 37.2. The maximum absolute atomic E-state index is 4.99. The van der Waals surface area contributed by atoms with Crippen LogP contribution in [0.4, 0.5) is 0 Å². The molecule has 4 aromatic heterocycles. The number of pyridine rings is 4. The molecular weight excluding hydrogens is 849 g/mol. The van der Waals surface area contributed by atoms with Crippen molar-refractivity contribution in [3.63, 3.8) is 0 Å². The largest absolute Gasteiger partial charge is 0.305 e. The van der Waals surface area contributed by atoms with Gasteiger partial charge in [0.15, 0.2) is 0 Å². The Morgan fingerprint density at radius 3 is 1.98 bits per heavy atom. The predicted molar refractivity (Wildman–Crippen MR) is 223 cm³/mol. The maximum atomic E-state index is 4.99. The molecule has 5 heteroatoms. The van der Waals surface area contributed by atoms with E-state index in [1.54, 1.807) is 6.20 Å². The van der Waals surface area contributed by atoms with E-state index in [9.17, 15) is 0 Å². The molecule has 0 fully saturated rings. The smallest absolute Gasteiger partial charge is 0.0734 e. The van der Waals surface area contributed by atoms with Crippen molar-refractivity contribution < 1.29 is 20.1 Å². The summed E-state index contributed by atoms with van der Waals surface area (Å²) in [5, 5.41) is 3.57. The molecule has 4 nitrogen and oxygen atoms in total. The van der Waals surface area contributed by atoms with E-state index in [-0.39, 0.29) is 20.1 Å². The van der Waals surface area contributed by atoms with Crippen molar-refractivity contribution in [3.8, 4) is 56.0 Å². The molecule has 0 aliphatic rings. The Labute approximate surface area is 336 Å². The molecule has 0 spiro atoms. The quantitative estimate of drug-likeness (QED) is 0.128. The summed E-state index contributed by atoms with van der Waals surface area (Å²) < 4.78 is 0. The van der Waals surface area contributed by atoms with Crippen molar-refractivity contribution in [1.29, 1.82) is 0 Å². The van der Waals surface area contributed by atoms with Crippen LogP contribution in [0.5, 0.6) is 0 Å². The SMILES string of the molecule is Cc1ccnc(-c2[c-]cc(C)c(-c3cc(-c4nc(C)ccc4C)cc(-c4cc5ncccc5c5ccccc45)c3)c2)c1.[Ir].[c-]1ccccc1-c1ccccn1. The van der Waals surface area contributed by atoms with Gasteiger partial charge in [-0.05, 0) is 114 Å². The minimum Gasteiger partial charge on any atom is -0.305 e. The molecule has 0 atom stereocenters. The molecule has 5 aromatic carbocycles. The second-order valence-electron chi connectivity index (χ2n) is 13.6. The van der Waals surface area contributed by atoms with E-state index >= 15 is 0 Å². The van der Waals surface area contributed by atoms with Crippen LogP contribution in [-0.2, 0) is 20.1 Å². The van der Waals surface area contributed by atoms with Gasteiger partial charge in [-0.3, -0.25) is 9.97 Å². The standard InChI is InChI=1S/C39H30N3.C11H8N.Ir/c1-24-15-17-41-37(18-24)28-14-12-25(2)35(22-28)29-19-30(21-31(20-29)39-26(3)11-13-27(4)42-39)36-23-38-34(10-7-16-40-38)32-8-5-6-9-33(32)36;1-2-6-10(7-3-1)11-8-4-5-9-12-11;/h5-13,15-23H,1-4H3;1-6,8-9H;/q2*-1;. The minimum absolute atomic E-state index is 0. The third kappa shape index (κ3) is 8.05. The summed E-state index contributed by atoms with van der Waals surface area (Å²) in [6.07, 6.45) is 5.52. The van der Waals surface area contributed by atoms with Gasteiger partial charge in [-0.1, -0.05) is 72.6 Å². The third-order valence-corrected chi connectivity index (χ3v) is 9.69. The summed E-state index contributed by atoms with van der Waals surface area (Å²) >= 11 is 0. The number of aromatic nitrogens is 4. The maximum Gasteiger partial charge on any atom is 0.0734 e. The Kier molecular flexibility index (Phi) is 11.1. The van der Waals surface area contributed by atoms with Crippen molar-refractivity contribution in [2.75, 3.05) is 0 Å². The molecule has 9 rings (SSSR count). The van der Waals surface area contributed by atoms with Crippen molar-refractivity contribution in [1.82, 2.24) is 19.9 Å².